The number of anilines is 1. The van der Waals surface area contributed by atoms with Crippen molar-refractivity contribution in [1.82, 2.24) is 25.0 Å². The Bertz CT molecular complexity index is 1150. The number of rotatable bonds is 9. The SMILES string of the molecule is CCCc1cccc(NCc2c(-c3ccc(O[C@H]4CCC[C@H](C(=O)O)C4)c(C)n3)nnn2C)n1. The molecule has 0 aliphatic heterocycles. The molecule has 9 nitrogen and oxygen atoms in total. The Kier molecular flexibility index (Phi) is 7.40. The molecule has 34 heavy (non-hydrogen) atoms. The normalized spacial score (nSPS) is 18.0. The molecule has 1 aliphatic rings. The number of aryl methyl sites for hydroxylation is 3. The summed E-state index contributed by atoms with van der Waals surface area (Å²) in [6.07, 6.45) is 4.86. The maximum absolute atomic E-state index is 11.4. The number of carboxylic acids is 1. The lowest BCUT2D eigenvalue weighted by Gasteiger charge is -2.27. The van der Waals surface area contributed by atoms with Crippen molar-refractivity contribution in [3.63, 3.8) is 0 Å². The van der Waals surface area contributed by atoms with Crippen molar-refractivity contribution in [2.75, 3.05) is 5.32 Å². The zero-order chi connectivity index (χ0) is 24.1. The fraction of sp³-hybridized carbons (Fsp3) is 0.480. The Morgan fingerprint density at radius 3 is 2.85 bits per heavy atom. The Balaban J connectivity index is 1.47. The summed E-state index contributed by atoms with van der Waals surface area (Å²) in [5, 5.41) is 21.3. The van der Waals surface area contributed by atoms with E-state index in [0.717, 1.165) is 54.3 Å². The molecule has 0 aromatic carbocycles. The summed E-state index contributed by atoms with van der Waals surface area (Å²) in [5.74, 6) is 0.422. The smallest absolute Gasteiger partial charge is 0.306 e. The maximum Gasteiger partial charge on any atom is 0.306 e. The third kappa shape index (κ3) is 5.52. The fourth-order valence-electron chi connectivity index (χ4n) is 4.38. The van der Waals surface area contributed by atoms with Crippen LogP contribution in [0.25, 0.3) is 11.4 Å². The first-order chi connectivity index (χ1) is 16.4. The molecule has 3 aromatic heterocycles. The molecule has 0 radical (unpaired) electrons. The van der Waals surface area contributed by atoms with Gasteiger partial charge in [-0.05, 0) is 63.3 Å². The standard InChI is InChI=1S/C25H32N6O3/c1-4-7-18-9-6-11-23(28-18)26-15-21-24(29-30-31(21)3)20-12-13-22(16(2)27-20)34-19-10-5-8-17(14-19)25(32)33/h6,9,11-13,17,19H,4-5,7-8,10,14-15H2,1-3H3,(H,26,28)(H,32,33)/t17-,19-/m0/s1. The molecule has 0 bridgehead atoms. The van der Waals surface area contributed by atoms with E-state index in [1.807, 2.05) is 44.3 Å². The van der Waals surface area contributed by atoms with Gasteiger partial charge in [0.1, 0.15) is 17.3 Å². The second-order valence-electron chi connectivity index (χ2n) is 8.85. The van der Waals surface area contributed by atoms with Crippen molar-refractivity contribution >= 4 is 11.8 Å². The number of nitrogens with zero attached hydrogens (tertiary/aromatic N) is 5. The molecule has 3 heterocycles. The van der Waals surface area contributed by atoms with E-state index in [1.165, 1.54) is 0 Å². The molecule has 1 aliphatic carbocycles. The van der Waals surface area contributed by atoms with Crippen LogP contribution in [0.3, 0.4) is 0 Å². The van der Waals surface area contributed by atoms with Crippen LogP contribution >= 0.6 is 0 Å². The predicted octanol–water partition coefficient (Wildman–Crippen LogP) is 4.17. The number of aliphatic carboxylic acids is 1. The van der Waals surface area contributed by atoms with Gasteiger partial charge in [-0.15, -0.1) is 5.10 Å². The summed E-state index contributed by atoms with van der Waals surface area (Å²) in [7, 11) is 1.86. The van der Waals surface area contributed by atoms with Gasteiger partial charge in [0, 0.05) is 12.7 Å². The highest BCUT2D eigenvalue weighted by Gasteiger charge is 2.28. The Morgan fingerprint density at radius 2 is 2.09 bits per heavy atom. The molecule has 0 unspecified atom stereocenters. The van der Waals surface area contributed by atoms with E-state index in [0.29, 0.717) is 30.8 Å². The number of carboxylic acid groups (broad SMARTS) is 1. The second kappa shape index (κ2) is 10.6. The molecular weight excluding hydrogens is 432 g/mol. The minimum Gasteiger partial charge on any atom is -0.489 e. The second-order valence-corrected chi connectivity index (χ2v) is 8.85. The molecule has 1 saturated carbocycles. The molecule has 9 heteroatoms. The average molecular weight is 465 g/mol. The van der Waals surface area contributed by atoms with Gasteiger partial charge in [0.25, 0.3) is 0 Å². The average Bonchev–Trinajstić information content (AvgIpc) is 3.20. The van der Waals surface area contributed by atoms with Crippen molar-refractivity contribution in [1.29, 1.82) is 0 Å². The lowest BCUT2D eigenvalue weighted by atomic mass is 9.87. The highest BCUT2D eigenvalue weighted by molar-refractivity contribution is 5.70. The van der Waals surface area contributed by atoms with E-state index in [4.69, 9.17) is 9.72 Å². The van der Waals surface area contributed by atoms with E-state index in [1.54, 1.807) is 4.68 Å². The Hall–Kier alpha value is -3.49. The van der Waals surface area contributed by atoms with Crippen molar-refractivity contribution < 1.29 is 14.6 Å². The Morgan fingerprint density at radius 1 is 1.24 bits per heavy atom. The van der Waals surface area contributed by atoms with E-state index in [9.17, 15) is 9.90 Å². The van der Waals surface area contributed by atoms with Gasteiger partial charge in [0.15, 0.2) is 0 Å². The van der Waals surface area contributed by atoms with E-state index in [2.05, 4.69) is 27.5 Å². The van der Waals surface area contributed by atoms with Gasteiger partial charge in [-0.1, -0.05) is 24.6 Å². The van der Waals surface area contributed by atoms with Gasteiger partial charge in [-0.3, -0.25) is 4.79 Å². The third-order valence-corrected chi connectivity index (χ3v) is 6.24. The van der Waals surface area contributed by atoms with Crippen molar-refractivity contribution in [2.45, 2.75) is 65.0 Å². The largest absolute Gasteiger partial charge is 0.489 e. The third-order valence-electron chi connectivity index (χ3n) is 6.24. The summed E-state index contributed by atoms with van der Waals surface area (Å²) in [5.41, 5.74) is 4.14. The number of hydrogen-bond donors (Lipinski definition) is 2. The zero-order valence-corrected chi connectivity index (χ0v) is 20.0. The van der Waals surface area contributed by atoms with Gasteiger partial charge < -0.3 is 15.2 Å². The van der Waals surface area contributed by atoms with Crippen LogP contribution in [0, 0.1) is 12.8 Å². The topological polar surface area (TPSA) is 115 Å². The summed E-state index contributed by atoms with van der Waals surface area (Å²) >= 11 is 0. The van der Waals surface area contributed by atoms with Gasteiger partial charge in [-0.25, -0.2) is 14.6 Å². The summed E-state index contributed by atoms with van der Waals surface area (Å²) in [4.78, 5) is 20.7. The van der Waals surface area contributed by atoms with Gasteiger partial charge in [0.05, 0.1) is 35.6 Å². The van der Waals surface area contributed by atoms with Crippen LogP contribution in [-0.2, 0) is 24.8 Å². The molecule has 0 amide bonds. The zero-order valence-electron chi connectivity index (χ0n) is 20.0. The molecule has 3 aromatic rings. The first-order valence-electron chi connectivity index (χ1n) is 11.9. The minimum absolute atomic E-state index is 0.103. The van der Waals surface area contributed by atoms with Crippen LogP contribution < -0.4 is 10.1 Å². The molecule has 0 saturated heterocycles. The minimum atomic E-state index is -0.741. The van der Waals surface area contributed by atoms with Crippen LogP contribution in [0.4, 0.5) is 5.82 Å². The number of pyridine rings is 2. The molecular formula is C25H32N6O3. The molecule has 2 N–H and O–H groups in total. The molecule has 0 spiro atoms. The Labute approximate surface area is 199 Å². The van der Waals surface area contributed by atoms with E-state index >= 15 is 0 Å². The predicted molar refractivity (Wildman–Crippen MR) is 129 cm³/mol. The number of ether oxygens (including phenoxy) is 1. The van der Waals surface area contributed by atoms with Crippen LogP contribution in [-0.4, -0.2) is 42.1 Å². The monoisotopic (exact) mass is 464 g/mol. The summed E-state index contributed by atoms with van der Waals surface area (Å²) in [6.45, 7) is 4.55. The van der Waals surface area contributed by atoms with Crippen LogP contribution in [0.15, 0.2) is 30.3 Å². The molecule has 180 valence electrons. The lowest BCUT2D eigenvalue weighted by Crippen LogP contribution is -2.29. The lowest BCUT2D eigenvalue weighted by molar-refractivity contribution is -0.143. The van der Waals surface area contributed by atoms with Gasteiger partial charge in [-0.2, -0.15) is 0 Å². The van der Waals surface area contributed by atoms with Crippen molar-refractivity contribution in [3.05, 3.63) is 47.4 Å². The van der Waals surface area contributed by atoms with Crippen molar-refractivity contribution in [3.8, 4) is 17.1 Å². The maximum atomic E-state index is 11.4. The first kappa shape index (κ1) is 23.7. The highest BCUT2D eigenvalue weighted by atomic mass is 16.5. The van der Waals surface area contributed by atoms with Crippen LogP contribution in [0.1, 0.15) is 56.1 Å². The number of nitrogens with one attached hydrogen (secondary N) is 1. The van der Waals surface area contributed by atoms with Crippen molar-refractivity contribution in [2.24, 2.45) is 13.0 Å². The fourth-order valence-corrected chi connectivity index (χ4v) is 4.38. The summed E-state index contributed by atoms with van der Waals surface area (Å²) in [6, 6.07) is 9.78. The highest BCUT2D eigenvalue weighted by Crippen LogP contribution is 2.30. The first-order valence-corrected chi connectivity index (χ1v) is 11.9. The van der Waals surface area contributed by atoms with E-state index in [-0.39, 0.29) is 12.0 Å². The summed E-state index contributed by atoms with van der Waals surface area (Å²) < 4.78 is 7.89. The number of aromatic nitrogens is 5. The number of hydrogen-bond acceptors (Lipinski definition) is 7. The van der Waals surface area contributed by atoms with Gasteiger partial charge >= 0.3 is 5.97 Å². The van der Waals surface area contributed by atoms with Crippen LogP contribution in [0.5, 0.6) is 5.75 Å². The van der Waals surface area contributed by atoms with E-state index < -0.39 is 5.97 Å². The number of carbonyl (C=O) groups is 1. The molecule has 4 rings (SSSR count). The van der Waals surface area contributed by atoms with Crippen LogP contribution in [0.2, 0.25) is 0 Å². The molecule has 1 fully saturated rings. The quantitative estimate of drug-likeness (QED) is 0.485. The molecule has 2 atom stereocenters. The van der Waals surface area contributed by atoms with Gasteiger partial charge in [0.2, 0.25) is 0 Å².